The molecular formula is C28H38N4O4. The number of hydrogen-bond donors (Lipinski definition) is 3. The molecule has 36 heavy (non-hydrogen) atoms. The van der Waals surface area contributed by atoms with E-state index in [1.54, 1.807) is 30.3 Å². The third-order valence-electron chi connectivity index (χ3n) is 6.99. The van der Waals surface area contributed by atoms with Gasteiger partial charge in [0.15, 0.2) is 0 Å². The van der Waals surface area contributed by atoms with E-state index in [1.165, 1.54) is 0 Å². The molecule has 4 rings (SSSR count). The summed E-state index contributed by atoms with van der Waals surface area (Å²) >= 11 is 0. The number of hydrogen-bond acceptors (Lipinski definition) is 6. The van der Waals surface area contributed by atoms with Crippen LogP contribution in [0.15, 0.2) is 48.8 Å². The molecule has 2 aliphatic rings. The number of amides is 2. The number of benzene rings is 1. The minimum Gasteiger partial charge on any atom is -0.389 e. The molecule has 3 atom stereocenters. The van der Waals surface area contributed by atoms with Crippen LogP contribution in [0, 0.1) is 0 Å². The second kappa shape index (κ2) is 10.7. The van der Waals surface area contributed by atoms with Crippen molar-refractivity contribution in [2.75, 3.05) is 24.7 Å². The highest BCUT2D eigenvalue weighted by atomic mass is 16.5. The largest absolute Gasteiger partial charge is 0.389 e. The number of nitrogens with zero attached hydrogens (tertiary/aromatic N) is 2. The minimum atomic E-state index is -0.990. The summed E-state index contributed by atoms with van der Waals surface area (Å²) in [4.78, 5) is 33.7. The van der Waals surface area contributed by atoms with E-state index in [2.05, 4.69) is 36.4 Å². The highest BCUT2D eigenvalue weighted by Gasteiger charge is 2.42. The van der Waals surface area contributed by atoms with Crippen LogP contribution in [0.1, 0.15) is 64.1 Å². The molecule has 8 nitrogen and oxygen atoms in total. The van der Waals surface area contributed by atoms with Crippen molar-refractivity contribution in [3.8, 4) is 0 Å². The van der Waals surface area contributed by atoms with Gasteiger partial charge in [0, 0.05) is 55.9 Å². The van der Waals surface area contributed by atoms with Crippen molar-refractivity contribution in [1.29, 1.82) is 0 Å². The van der Waals surface area contributed by atoms with E-state index in [9.17, 15) is 14.7 Å². The van der Waals surface area contributed by atoms with Crippen LogP contribution in [0.4, 0.5) is 5.69 Å². The predicted molar refractivity (Wildman–Crippen MR) is 139 cm³/mol. The molecular weight excluding hydrogens is 456 g/mol. The van der Waals surface area contributed by atoms with Gasteiger partial charge >= 0.3 is 0 Å². The SMILES string of the molecule is CC(C)(C)c1ccc(N(C(=O)[C@H]2C[C@@](C)(O)CN2)C(C(=O)NC2CCOCC2)c2cccnc2)cc1. The molecule has 0 aliphatic carbocycles. The molecule has 1 aromatic heterocycles. The summed E-state index contributed by atoms with van der Waals surface area (Å²) in [7, 11) is 0. The van der Waals surface area contributed by atoms with Gasteiger partial charge in [0.2, 0.25) is 11.8 Å². The Kier molecular flexibility index (Phi) is 7.78. The average molecular weight is 495 g/mol. The molecule has 194 valence electrons. The summed E-state index contributed by atoms with van der Waals surface area (Å²) in [5.74, 6) is -0.514. The number of aliphatic hydroxyl groups is 1. The van der Waals surface area contributed by atoms with E-state index in [1.807, 2.05) is 30.3 Å². The van der Waals surface area contributed by atoms with Gasteiger partial charge in [0.05, 0.1) is 11.6 Å². The normalized spacial score (nSPS) is 23.8. The Balaban J connectivity index is 1.75. The highest BCUT2D eigenvalue weighted by molar-refractivity contribution is 6.04. The Bertz CT molecular complexity index is 1040. The zero-order valence-corrected chi connectivity index (χ0v) is 21.7. The molecule has 0 spiro atoms. The first-order valence-electron chi connectivity index (χ1n) is 12.7. The van der Waals surface area contributed by atoms with Crippen LogP contribution in [0.2, 0.25) is 0 Å². The summed E-state index contributed by atoms with van der Waals surface area (Å²) in [5, 5.41) is 16.8. The fraction of sp³-hybridized carbons (Fsp3) is 0.536. The van der Waals surface area contributed by atoms with Crippen LogP contribution in [-0.2, 0) is 19.7 Å². The Labute approximate surface area is 213 Å². The fourth-order valence-electron chi connectivity index (χ4n) is 4.87. The molecule has 1 aromatic carbocycles. The van der Waals surface area contributed by atoms with Crippen LogP contribution in [0.5, 0.6) is 0 Å². The van der Waals surface area contributed by atoms with Crippen molar-refractivity contribution < 1.29 is 19.4 Å². The summed E-state index contributed by atoms with van der Waals surface area (Å²) in [5.41, 5.74) is 1.33. The van der Waals surface area contributed by atoms with Crippen LogP contribution in [-0.4, -0.2) is 59.3 Å². The zero-order chi connectivity index (χ0) is 25.9. The minimum absolute atomic E-state index is 0.0176. The molecule has 1 unspecified atom stereocenters. The van der Waals surface area contributed by atoms with Gasteiger partial charge in [-0.3, -0.25) is 19.5 Å². The van der Waals surface area contributed by atoms with E-state index in [4.69, 9.17) is 4.74 Å². The number of pyridine rings is 1. The Morgan fingerprint density at radius 2 is 1.89 bits per heavy atom. The number of anilines is 1. The summed E-state index contributed by atoms with van der Waals surface area (Å²) in [6.07, 6.45) is 5.01. The number of carbonyl (C=O) groups is 2. The number of β-amino-alcohol motifs (C(OH)–C–C–N with tert-alkyl or cyclic N) is 1. The molecule has 0 bridgehead atoms. The lowest BCUT2D eigenvalue weighted by atomic mass is 9.87. The second-order valence-electron chi connectivity index (χ2n) is 11.2. The second-order valence-corrected chi connectivity index (χ2v) is 11.2. The van der Waals surface area contributed by atoms with Crippen LogP contribution < -0.4 is 15.5 Å². The lowest BCUT2D eigenvalue weighted by Gasteiger charge is -2.35. The van der Waals surface area contributed by atoms with Gasteiger partial charge in [-0.15, -0.1) is 0 Å². The van der Waals surface area contributed by atoms with Crippen molar-refractivity contribution >= 4 is 17.5 Å². The number of aromatic nitrogens is 1. The number of carbonyl (C=O) groups excluding carboxylic acids is 2. The number of nitrogens with one attached hydrogen (secondary N) is 2. The van der Waals surface area contributed by atoms with Gasteiger partial charge in [-0.2, -0.15) is 0 Å². The van der Waals surface area contributed by atoms with Gasteiger partial charge in [0.1, 0.15) is 6.04 Å². The van der Waals surface area contributed by atoms with Crippen molar-refractivity contribution in [2.45, 2.75) is 76.1 Å². The molecule has 2 amide bonds. The van der Waals surface area contributed by atoms with Crippen molar-refractivity contribution in [1.82, 2.24) is 15.6 Å². The molecule has 2 aliphatic heterocycles. The lowest BCUT2D eigenvalue weighted by molar-refractivity contribution is -0.128. The standard InChI is InChI=1S/C28H38N4O4/c1-27(2,3)20-7-9-22(10-8-20)32(26(34)23-16-28(4,35)18-30-23)24(19-6-5-13-29-17-19)25(33)31-21-11-14-36-15-12-21/h5-10,13,17,21,23-24,30,35H,11-12,14-16,18H2,1-4H3,(H,31,33)/t23-,24?,28-/m1/s1. The first-order chi connectivity index (χ1) is 17.0. The smallest absolute Gasteiger partial charge is 0.248 e. The third kappa shape index (κ3) is 6.11. The Hall–Kier alpha value is -2.81. The monoisotopic (exact) mass is 494 g/mol. The van der Waals surface area contributed by atoms with Crippen molar-refractivity contribution in [3.05, 3.63) is 59.9 Å². The van der Waals surface area contributed by atoms with Gasteiger partial charge in [-0.1, -0.05) is 39.0 Å². The molecule has 2 saturated heterocycles. The molecule has 0 radical (unpaired) electrons. The summed E-state index contributed by atoms with van der Waals surface area (Å²) in [6, 6.07) is 9.86. The zero-order valence-electron chi connectivity index (χ0n) is 21.7. The molecule has 3 heterocycles. The quantitative estimate of drug-likeness (QED) is 0.571. The van der Waals surface area contributed by atoms with E-state index < -0.39 is 17.7 Å². The topological polar surface area (TPSA) is 104 Å². The number of rotatable bonds is 6. The molecule has 3 N–H and O–H groups in total. The maximum Gasteiger partial charge on any atom is 0.248 e. The van der Waals surface area contributed by atoms with E-state index >= 15 is 0 Å². The van der Waals surface area contributed by atoms with Gasteiger partial charge in [0.25, 0.3) is 0 Å². The first-order valence-corrected chi connectivity index (χ1v) is 12.7. The van der Waals surface area contributed by atoms with E-state index in [0.717, 1.165) is 18.4 Å². The highest BCUT2D eigenvalue weighted by Crippen LogP contribution is 2.33. The van der Waals surface area contributed by atoms with Crippen molar-refractivity contribution in [3.63, 3.8) is 0 Å². The molecule has 2 fully saturated rings. The van der Waals surface area contributed by atoms with Crippen LogP contribution >= 0.6 is 0 Å². The maximum atomic E-state index is 14.1. The fourth-order valence-corrected chi connectivity index (χ4v) is 4.87. The van der Waals surface area contributed by atoms with E-state index in [-0.39, 0.29) is 29.7 Å². The van der Waals surface area contributed by atoms with Crippen LogP contribution in [0.3, 0.4) is 0 Å². The van der Waals surface area contributed by atoms with Gasteiger partial charge < -0.3 is 20.5 Å². The third-order valence-corrected chi connectivity index (χ3v) is 6.99. The number of ether oxygens (including phenoxy) is 1. The first kappa shape index (κ1) is 26.3. The Morgan fingerprint density at radius 1 is 1.19 bits per heavy atom. The predicted octanol–water partition coefficient (Wildman–Crippen LogP) is 2.86. The molecule has 0 saturated carbocycles. The van der Waals surface area contributed by atoms with Gasteiger partial charge in [-0.25, -0.2) is 0 Å². The average Bonchev–Trinajstić information content (AvgIpc) is 3.22. The summed E-state index contributed by atoms with van der Waals surface area (Å²) < 4.78 is 5.45. The Morgan fingerprint density at radius 3 is 2.44 bits per heavy atom. The summed E-state index contributed by atoms with van der Waals surface area (Å²) in [6.45, 7) is 9.62. The van der Waals surface area contributed by atoms with Crippen molar-refractivity contribution in [2.24, 2.45) is 0 Å². The van der Waals surface area contributed by atoms with Crippen LogP contribution in [0.25, 0.3) is 0 Å². The lowest BCUT2D eigenvalue weighted by Crippen LogP contribution is -2.52. The molecule has 8 heteroatoms. The van der Waals surface area contributed by atoms with E-state index in [0.29, 0.717) is 31.0 Å². The van der Waals surface area contributed by atoms with Gasteiger partial charge in [-0.05, 0) is 48.9 Å². The molecule has 2 aromatic rings. The maximum absolute atomic E-state index is 14.1.